The van der Waals surface area contributed by atoms with E-state index in [1.165, 1.54) is 0 Å². The molecule has 0 atom stereocenters. The first-order valence-electron chi connectivity index (χ1n) is 9.22. The average Bonchev–Trinajstić information content (AvgIpc) is 3.19. The molecule has 0 aliphatic heterocycles. The first-order chi connectivity index (χ1) is 14.0. The number of H-pyrrole nitrogens is 1. The predicted molar refractivity (Wildman–Crippen MR) is 114 cm³/mol. The lowest BCUT2D eigenvalue weighted by atomic mass is 9.98. The maximum absolute atomic E-state index is 12.2. The third-order valence-electron chi connectivity index (χ3n) is 4.82. The van der Waals surface area contributed by atoms with E-state index in [0.29, 0.717) is 17.3 Å². The molecule has 0 radical (unpaired) electrons. The van der Waals surface area contributed by atoms with Crippen molar-refractivity contribution in [3.8, 4) is 28.2 Å². The Kier molecular flexibility index (Phi) is 4.91. The van der Waals surface area contributed by atoms with Gasteiger partial charge in [-0.05, 0) is 54.8 Å². The second-order valence-corrected chi connectivity index (χ2v) is 6.78. The highest BCUT2D eigenvalue weighted by atomic mass is 16.5. The van der Waals surface area contributed by atoms with Gasteiger partial charge in [0.1, 0.15) is 5.75 Å². The van der Waals surface area contributed by atoms with Gasteiger partial charge in [-0.1, -0.05) is 18.2 Å². The summed E-state index contributed by atoms with van der Waals surface area (Å²) in [5.74, 6) is 1.36. The van der Waals surface area contributed by atoms with Crippen molar-refractivity contribution in [2.45, 2.75) is 13.8 Å². The number of methoxy groups -OCH3 is 1. The highest BCUT2D eigenvalue weighted by Gasteiger charge is 2.12. The molecule has 0 fully saturated rings. The summed E-state index contributed by atoms with van der Waals surface area (Å²) in [6.45, 7) is 3.97. The molecule has 0 aliphatic carbocycles. The van der Waals surface area contributed by atoms with Crippen molar-refractivity contribution in [3.63, 3.8) is 0 Å². The number of nitrogens with zero attached hydrogens (tertiary/aromatic N) is 1. The fraction of sp³-hybridized carbons (Fsp3) is 0.130. The molecule has 146 valence electrons. The van der Waals surface area contributed by atoms with E-state index < -0.39 is 0 Å². The minimum absolute atomic E-state index is 0.124. The van der Waals surface area contributed by atoms with Crippen LogP contribution in [0, 0.1) is 13.8 Å². The van der Waals surface area contributed by atoms with Gasteiger partial charge < -0.3 is 19.5 Å². The molecule has 29 heavy (non-hydrogen) atoms. The van der Waals surface area contributed by atoms with E-state index in [4.69, 9.17) is 9.15 Å². The van der Waals surface area contributed by atoms with E-state index in [1.807, 2.05) is 62.4 Å². The number of pyridine rings is 1. The van der Waals surface area contributed by atoms with Crippen molar-refractivity contribution in [1.82, 2.24) is 9.97 Å². The number of rotatable bonds is 5. The van der Waals surface area contributed by atoms with Gasteiger partial charge in [0.05, 0.1) is 13.3 Å². The van der Waals surface area contributed by atoms with E-state index in [9.17, 15) is 4.79 Å². The van der Waals surface area contributed by atoms with Crippen molar-refractivity contribution >= 4 is 11.7 Å². The van der Waals surface area contributed by atoms with Crippen LogP contribution in [0.15, 0.2) is 70.1 Å². The van der Waals surface area contributed by atoms with Crippen molar-refractivity contribution in [3.05, 3.63) is 82.4 Å². The number of hydrogen-bond acceptors (Lipinski definition) is 5. The second-order valence-electron chi connectivity index (χ2n) is 6.78. The van der Waals surface area contributed by atoms with Gasteiger partial charge in [0.25, 0.3) is 11.6 Å². The minimum Gasteiger partial charge on any atom is -0.497 e. The molecule has 0 saturated heterocycles. The quantitative estimate of drug-likeness (QED) is 0.500. The molecule has 0 bridgehead atoms. The van der Waals surface area contributed by atoms with Crippen LogP contribution in [0.5, 0.6) is 5.75 Å². The molecule has 4 rings (SSSR count). The molecule has 2 heterocycles. The molecule has 0 saturated carbocycles. The molecule has 0 amide bonds. The smallest absolute Gasteiger partial charge is 0.299 e. The van der Waals surface area contributed by atoms with E-state index >= 15 is 0 Å². The summed E-state index contributed by atoms with van der Waals surface area (Å²) in [5.41, 5.74) is 5.12. The second kappa shape index (κ2) is 7.67. The lowest BCUT2D eigenvalue weighted by Crippen LogP contribution is -2.07. The van der Waals surface area contributed by atoms with Crippen LogP contribution in [0.4, 0.5) is 11.7 Å². The van der Waals surface area contributed by atoms with Crippen molar-refractivity contribution in [1.29, 1.82) is 0 Å². The van der Waals surface area contributed by atoms with Gasteiger partial charge in [-0.15, -0.1) is 0 Å². The van der Waals surface area contributed by atoms with Crippen molar-refractivity contribution < 1.29 is 9.15 Å². The maximum atomic E-state index is 12.2. The minimum atomic E-state index is -0.124. The lowest BCUT2D eigenvalue weighted by Gasteiger charge is -2.09. The molecular weight excluding hydrogens is 366 g/mol. The molecule has 0 spiro atoms. The maximum Gasteiger partial charge on any atom is 0.299 e. The standard InChI is InChI=1S/C23H21N3O3/c1-14-6-8-16(11-19(14)18-5-4-10-24-22(18)27)21-13-25-23(29-21)26-20-12-17(28-3)9-7-15(20)2/h4-13H,1-3H3,(H,24,27)(H,25,26). The molecule has 2 aromatic carbocycles. The van der Waals surface area contributed by atoms with Gasteiger partial charge >= 0.3 is 0 Å². The molecule has 2 N–H and O–H groups in total. The van der Waals surface area contributed by atoms with Crippen LogP contribution < -0.4 is 15.6 Å². The topological polar surface area (TPSA) is 80.1 Å². The number of benzene rings is 2. The van der Waals surface area contributed by atoms with Gasteiger partial charge in [0, 0.05) is 29.1 Å². The molecular formula is C23H21N3O3. The van der Waals surface area contributed by atoms with Crippen LogP contribution in [0.3, 0.4) is 0 Å². The van der Waals surface area contributed by atoms with Gasteiger partial charge in [-0.3, -0.25) is 4.79 Å². The van der Waals surface area contributed by atoms with E-state index in [-0.39, 0.29) is 5.56 Å². The largest absolute Gasteiger partial charge is 0.497 e. The lowest BCUT2D eigenvalue weighted by molar-refractivity contribution is 0.415. The third-order valence-corrected chi connectivity index (χ3v) is 4.82. The Hall–Kier alpha value is -3.80. The first-order valence-corrected chi connectivity index (χ1v) is 9.22. The molecule has 6 nitrogen and oxygen atoms in total. The Morgan fingerprint density at radius 1 is 1.03 bits per heavy atom. The normalized spacial score (nSPS) is 10.7. The zero-order valence-corrected chi connectivity index (χ0v) is 16.4. The summed E-state index contributed by atoms with van der Waals surface area (Å²) in [4.78, 5) is 19.3. The van der Waals surface area contributed by atoms with Gasteiger partial charge in [-0.2, -0.15) is 0 Å². The number of aromatic amines is 1. The Labute approximate surface area is 168 Å². The number of hydrogen-bond donors (Lipinski definition) is 2. The third kappa shape index (κ3) is 3.78. The monoisotopic (exact) mass is 387 g/mol. The van der Waals surface area contributed by atoms with Crippen LogP contribution in [-0.4, -0.2) is 17.1 Å². The highest BCUT2D eigenvalue weighted by Crippen LogP contribution is 2.31. The van der Waals surface area contributed by atoms with E-state index in [2.05, 4.69) is 15.3 Å². The van der Waals surface area contributed by atoms with E-state index in [1.54, 1.807) is 19.5 Å². The summed E-state index contributed by atoms with van der Waals surface area (Å²) < 4.78 is 11.2. The van der Waals surface area contributed by atoms with Gasteiger partial charge in [0.2, 0.25) is 0 Å². The van der Waals surface area contributed by atoms with Crippen molar-refractivity contribution in [2.75, 3.05) is 12.4 Å². The van der Waals surface area contributed by atoms with Gasteiger partial charge in [0.15, 0.2) is 5.76 Å². The Bertz CT molecular complexity index is 1220. The number of anilines is 2. The summed E-state index contributed by atoms with van der Waals surface area (Å²) >= 11 is 0. The number of nitrogens with one attached hydrogen (secondary N) is 2. The Morgan fingerprint density at radius 3 is 2.66 bits per heavy atom. The highest BCUT2D eigenvalue weighted by molar-refractivity contribution is 5.73. The summed E-state index contributed by atoms with van der Waals surface area (Å²) in [6.07, 6.45) is 3.29. The number of oxazole rings is 1. The molecule has 0 unspecified atom stereocenters. The first kappa shape index (κ1) is 18.6. The van der Waals surface area contributed by atoms with Crippen LogP contribution >= 0.6 is 0 Å². The molecule has 6 heteroatoms. The predicted octanol–water partition coefficient (Wildman–Crippen LogP) is 5.07. The van der Waals surface area contributed by atoms with Crippen LogP contribution in [0.1, 0.15) is 11.1 Å². The Balaban J connectivity index is 1.66. The van der Waals surface area contributed by atoms with E-state index in [0.717, 1.165) is 33.7 Å². The van der Waals surface area contributed by atoms with Crippen LogP contribution in [0.25, 0.3) is 22.5 Å². The summed E-state index contributed by atoms with van der Waals surface area (Å²) in [7, 11) is 1.63. The number of aromatic nitrogens is 2. The summed E-state index contributed by atoms with van der Waals surface area (Å²) in [6, 6.07) is 15.6. The molecule has 2 aromatic heterocycles. The van der Waals surface area contributed by atoms with Crippen LogP contribution in [0.2, 0.25) is 0 Å². The fourth-order valence-electron chi connectivity index (χ4n) is 3.14. The van der Waals surface area contributed by atoms with Gasteiger partial charge in [-0.25, -0.2) is 4.98 Å². The average molecular weight is 387 g/mol. The summed E-state index contributed by atoms with van der Waals surface area (Å²) in [5, 5.41) is 3.19. The molecule has 0 aliphatic rings. The van der Waals surface area contributed by atoms with Crippen LogP contribution in [-0.2, 0) is 0 Å². The van der Waals surface area contributed by atoms with Crippen molar-refractivity contribution in [2.24, 2.45) is 0 Å². The Morgan fingerprint density at radius 2 is 1.86 bits per heavy atom. The number of ether oxygens (including phenoxy) is 1. The SMILES string of the molecule is COc1ccc(C)c(Nc2ncc(-c3ccc(C)c(-c4ccc[nH]c4=O)c3)o2)c1. The molecule has 4 aromatic rings. The zero-order valence-electron chi connectivity index (χ0n) is 16.4. The number of aryl methyl sites for hydroxylation is 2. The fourth-order valence-corrected chi connectivity index (χ4v) is 3.14. The zero-order chi connectivity index (χ0) is 20.4.